The third kappa shape index (κ3) is 2.76. The van der Waals surface area contributed by atoms with Crippen molar-refractivity contribution >= 4 is 16.1 Å². The highest BCUT2D eigenvalue weighted by Crippen LogP contribution is 2.24. The van der Waals surface area contributed by atoms with Crippen molar-refractivity contribution in [3.8, 4) is 0 Å². The summed E-state index contributed by atoms with van der Waals surface area (Å²) in [5, 5.41) is 3.14. The van der Waals surface area contributed by atoms with Gasteiger partial charge in [0, 0.05) is 0 Å². The van der Waals surface area contributed by atoms with E-state index >= 15 is 0 Å². The molecule has 2 N–H and O–H groups in total. The zero-order valence-corrected chi connectivity index (χ0v) is 5.81. The molecule has 0 aromatic carbocycles. The van der Waals surface area contributed by atoms with E-state index in [-0.39, 0.29) is 0 Å². The number of hydrogen-bond acceptors (Lipinski definition) is 3. The number of carboxylic acid groups (broad SMARTS) is 1. The van der Waals surface area contributed by atoms with E-state index in [1.54, 1.807) is 0 Å². The summed E-state index contributed by atoms with van der Waals surface area (Å²) in [6, 6.07) is 0. The molecule has 0 radical (unpaired) electrons. The van der Waals surface area contributed by atoms with Crippen LogP contribution in [0.15, 0.2) is 0 Å². The van der Waals surface area contributed by atoms with Crippen molar-refractivity contribution in [3.63, 3.8) is 0 Å². The molecule has 5 nitrogen and oxygen atoms in total. The molecule has 0 saturated carbocycles. The summed E-state index contributed by atoms with van der Waals surface area (Å²) in [6.07, 6.45) is -1.94. The zero-order valence-electron chi connectivity index (χ0n) is 4.99. The molecule has 11 heavy (non-hydrogen) atoms. The van der Waals surface area contributed by atoms with Crippen LogP contribution in [0.3, 0.4) is 0 Å². The maximum Gasteiger partial charge on any atom is 0.380 e. The Kier molecular flexibility index (Phi) is 2.51. The Morgan fingerprint density at radius 2 is 1.82 bits per heavy atom. The van der Waals surface area contributed by atoms with Crippen molar-refractivity contribution in [2.45, 2.75) is 11.7 Å². The average molecular weight is 190 g/mol. The maximum atomic E-state index is 12.0. The first-order chi connectivity index (χ1) is 4.67. The minimum Gasteiger partial charge on any atom is -0.481 e. The van der Waals surface area contributed by atoms with Gasteiger partial charge in [-0.3, -0.25) is 9.35 Å². The Labute approximate surface area is 60.4 Å². The van der Waals surface area contributed by atoms with Crippen LogP contribution in [0.1, 0.15) is 6.42 Å². The standard InChI is InChI=1S/C3H4F2O5S/c4-3(5,1-2(6)7)11(8,9)10/h1H2,(H,6,7)(H,8,9,10). The molecule has 0 atom stereocenters. The fourth-order valence-electron chi connectivity index (χ4n) is 0.267. The van der Waals surface area contributed by atoms with E-state index < -0.39 is 27.8 Å². The lowest BCUT2D eigenvalue weighted by atomic mass is 10.5. The SMILES string of the molecule is O=C(O)CC(F)(F)S(=O)(=O)O. The van der Waals surface area contributed by atoms with Crippen molar-refractivity contribution in [1.29, 1.82) is 0 Å². The van der Waals surface area contributed by atoms with Crippen LogP contribution >= 0.6 is 0 Å². The fraction of sp³-hybridized carbons (Fsp3) is 0.667. The molecule has 0 aromatic heterocycles. The van der Waals surface area contributed by atoms with Gasteiger partial charge in [-0.05, 0) is 0 Å². The molecule has 0 spiro atoms. The molecular weight excluding hydrogens is 186 g/mol. The molecular formula is C3H4F2O5S. The highest BCUT2D eigenvalue weighted by atomic mass is 32.2. The molecule has 0 unspecified atom stereocenters. The normalized spacial score (nSPS) is 13.0. The molecule has 0 aliphatic carbocycles. The lowest BCUT2D eigenvalue weighted by Crippen LogP contribution is -2.30. The van der Waals surface area contributed by atoms with E-state index in [9.17, 15) is 22.0 Å². The van der Waals surface area contributed by atoms with Crippen LogP contribution in [0.25, 0.3) is 0 Å². The molecule has 8 heteroatoms. The Balaban J connectivity index is 4.62. The van der Waals surface area contributed by atoms with Gasteiger partial charge in [-0.2, -0.15) is 17.2 Å². The summed E-state index contributed by atoms with van der Waals surface area (Å²) in [4.78, 5) is 9.61. The van der Waals surface area contributed by atoms with Gasteiger partial charge in [-0.25, -0.2) is 0 Å². The summed E-state index contributed by atoms with van der Waals surface area (Å²) >= 11 is 0. The van der Waals surface area contributed by atoms with E-state index in [0.29, 0.717) is 0 Å². The zero-order chi connectivity index (χ0) is 9.28. The fourth-order valence-corrected chi connectivity index (χ4v) is 0.573. The number of halogens is 2. The van der Waals surface area contributed by atoms with Gasteiger partial charge in [-0.15, -0.1) is 0 Å². The van der Waals surface area contributed by atoms with E-state index in [1.807, 2.05) is 0 Å². The van der Waals surface area contributed by atoms with Crippen LogP contribution in [0.5, 0.6) is 0 Å². The van der Waals surface area contributed by atoms with Gasteiger partial charge in [-0.1, -0.05) is 0 Å². The van der Waals surface area contributed by atoms with Crippen molar-refractivity contribution in [2.75, 3.05) is 0 Å². The molecule has 0 fully saturated rings. The molecule has 0 amide bonds. The van der Waals surface area contributed by atoms with E-state index in [2.05, 4.69) is 0 Å². The first-order valence-corrected chi connectivity index (χ1v) is 3.67. The van der Waals surface area contributed by atoms with Gasteiger partial charge in [0.05, 0.1) is 0 Å². The number of hydrogen-bond donors (Lipinski definition) is 2. The quantitative estimate of drug-likeness (QED) is 0.608. The highest BCUT2D eigenvalue weighted by molar-refractivity contribution is 7.86. The molecule has 0 heterocycles. The van der Waals surface area contributed by atoms with Gasteiger partial charge in [0.1, 0.15) is 6.42 Å². The van der Waals surface area contributed by atoms with Crippen molar-refractivity contribution in [2.24, 2.45) is 0 Å². The van der Waals surface area contributed by atoms with Gasteiger partial charge in [0.2, 0.25) is 0 Å². The third-order valence-corrected chi connectivity index (χ3v) is 1.63. The lowest BCUT2D eigenvalue weighted by molar-refractivity contribution is -0.141. The Morgan fingerprint density at radius 3 is 1.91 bits per heavy atom. The summed E-state index contributed by atoms with van der Waals surface area (Å²) < 4.78 is 51.1. The highest BCUT2D eigenvalue weighted by Gasteiger charge is 2.46. The number of aliphatic carboxylic acids is 1. The number of alkyl halides is 2. The summed E-state index contributed by atoms with van der Waals surface area (Å²) in [5.74, 6) is -2.01. The molecule has 0 saturated heterocycles. The molecule has 0 aliphatic rings. The van der Waals surface area contributed by atoms with E-state index in [1.165, 1.54) is 0 Å². The Bertz CT molecular complexity index is 255. The Hall–Kier alpha value is -0.760. The van der Waals surface area contributed by atoms with Crippen LogP contribution in [-0.2, 0) is 14.9 Å². The second-order valence-corrected chi connectivity index (χ2v) is 3.23. The van der Waals surface area contributed by atoms with E-state index in [0.717, 1.165) is 0 Å². The average Bonchev–Trinajstić information content (AvgIpc) is 1.56. The van der Waals surface area contributed by atoms with Crippen LogP contribution in [0.4, 0.5) is 8.78 Å². The lowest BCUT2D eigenvalue weighted by Gasteiger charge is -2.08. The van der Waals surface area contributed by atoms with Crippen LogP contribution in [-0.4, -0.2) is 29.3 Å². The maximum absolute atomic E-state index is 12.0. The van der Waals surface area contributed by atoms with Crippen LogP contribution in [0.2, 0.25) is 0 Å². The molecule has 0 rings (SSSR count). The molecule has 0 bridgehead atoms. The second-order valence-electron chi connectivity index (χ2n) is 1.68. The molecule has 0 aromatic rings. The van der Waals surface area contributed by atoms with Gasteiger partial charge in [0.15, 0.2) is 0 Å². The predicted molar refractivity (Wildman–Crippen MR) is 28.7 cm³/mol. The van der Waals surface area contributed by atoms with Gasteiger partial charge in [0.25, 0.3) is 0 Å². The summed E-state index contributed by atoms with van der Waals surface area (Å²) in [6.45, 7) is 0. The third-order valence-electron chi connectivity index (χ3n) is 0.734. The van der Waals surface area contributed by atoms with E-state index in [4.69, 9.17) is 9.66 Å². The number of carbonyl (C=O) groups is 1. The topological polar surface area (TPSA) is 91.7 Å². The van der Waals surface area contributed by atoms with Gasteiger partial charge >= 0.3 is 21.3 Å². The largest absolute Gasteiger partial charge is 0.481 e. The summed E-state index contributed by atoms with van der Waals surface area (Å²) in [7, 11) is -5.61. The van der Waals surface area contributed by atoms with Crippen LogP contribution in [0, 0.1) is 0 Å². The smallest absolute Gasteiger partial charge is 0.380 e. The second kappa shape index (κ2) is 2.70. The minimum atomic E-state index is -5.61. The van der Waals surface area contributed by atoms with Crippen molar-refractivity contribution < 1.29 is 31.7 Å². The van der Waals surface area contributed by atoms with Gasteiger partial charge < -0.3 is 5.11 Å². The Morgan fingerprint density at radius 1 is 1.45 bits per heavy atom. The minimum absolute atomic E-state index is 1.94. The first kappa shape index (κ1) is 10.2. The molecule has 0 aliphatic heterocycles. The van der Waals surface area contributed by atoms with Crippen LogP contribution < -0.4 is 0 Å². The first-order valence-electron chi connectivity index (χ1n) is 2.23. The summed E-state index contributed by atoms with van der Waals surface area (Å²) in [5.41, 5.74) is 0. The van der Waals surface area contributed by atoms with Crippen molar-refractivity contribution in [1.82, 2.24) is 0 Å². The monoisotopic (exact) mass is 190 g/mol. The predicted octanol–water partition coefficient (Wildman–Crippen LogP) is -0.0583. The van der Waals surface area contributed by atoms with Crippen molar-refractivity contribution in [3.05, 3.63) is 0 Å². The molecule has 66 valence electrons. The number of carboxylic acids is 1. The number of rotatable bonds is 3.